The fourth-order valence-corrected chi connectivity index (χ4v) is 4.92. The van der Waals surface area contributed by atoms with E-state index in [9.17, 15) is 22.8 Å². The molecule has 2 N–H and O–H groups in total. The van der Waals surface area contributed by atoms with E-state index in [2.05, 4.69) is 20.8 Å². The Morgan fingerprint density at radius 2 is 1.68 bits per heavy atom. The molecule has 0 unspecified atom stereocenters. The van der Waals surface area contributed by atoms with Crippen LogP contribution in [0.1, 0.15) is 11.4 Å². The quantitative estimate of drug-likeness (QED) is 0.187. The Labute approximate surface area is 251 Å². The number of para-hydroxylation sites is 1. The lowest BCUT2D eigenvalue weighted by Crippen LogP contribution is -2.29. The number of halogens is 6. The van der Waals surface area contributed by atoms with Crippen molar-refractivity contribution in [3.63, 3.8) is 0 Å². The molecule has 1 heterocycles. The van der Waals surface area contributed by atoms with E-state index >= 15 is 0 Å². The van der Waals surface area contributed by atoms with Crippen molar-refractivity contribution in [1.82, 2.24) is 20.1 Å². The summed E-state index contributed by atoms with van der Waals surface area (Å²) in [6, 6.07) is 16.0. The van der Waals surface area contributed by atoms with Crippen molar-refractivity contribution in [2.24, 2.45) is 0 Å². The standard InChI is InChI=1S/C26H19Cl3F3N5O3S/c27-15-4-3-5-17(10-15)37-22(12-33-23(38)13-40-21-9-8-16(28)11-19(21)29)35-36-25(37)41-14-24(39)34-20-7-2-1-6-18(20)26(30,31)32/h1-11H,12-14H2,(H,33,38)(H,34,39). The number of hydrogen-bond acceptors (Lipinski definition) is 6. The first-order chi connectivity index (χ1) is 19.5. The number of ether oxygens (including phenoxy) is 1. The van der Waals surface area contributed by atoms with Crippen molar-refractivity contribution >= 4 is 64.1 Å². The summed E-state index contributed by atoms with van der Waals surface area (Å²) in [4.78, 5) is 25.0. The molecule has 0 saturated heterocycles. The monoisotopic (exact) mass is 643 g/mol. The molecular formula is C26H19Cl3F3N5O3S. The first kappa shape index (κ1) is 30.5. The highest BCUT2D eigenvalue weighted by Crippen LogP contribution is 2.35. The third-order valence-corrected chi connectivity index (χ3v) is 7.00. The molecule has 4 rings (SSSR count). The predicted molar refractivity (Wildman–Crippen MR) is 151 cm³/mol. The van der Waals surface area contributed by atoms with Crippen LogP contribution < -0.4 is 15.4 Å². The zero-order valence-corrected chi connectivity index (χ0v) is 23.8. The van der Waals surface area contributed by atoms with Gasteiger partial charge in [0.1, 0.15) is 5.75 Å². The van der Waals surface area contributed by atoms with Gasteiger partial charge in [0, 0.05) is 10.0 Å². The van der Waals surface area contributed by atoms with Crippen LogP contribution in [-0.2, 0) is 22.3 Å². The van der Waals surface area contributed by atoms with Gasteiger partial charge in [0.25, 0.3) is 5.91 Å². The molecule has 0 atom stereocenters. The van der Waals surface area contributed by atoms with Crippen LogP contribution in [0.2, 0.25) is 15.1 Å². The Morgan fingerprint density at radius 1 is 0.927 bits per heavy atom. The maximum atomic E-state index is 13.3. The zero-order chi connectivity index (χ0) is 29.6. The third-order valence-electron chi connectivity index (χ3n) is 5.30. The van der Waals surface area contributed by atoms with Gasteiger partial charge in [-0.3, -0.25) is 14.2 Å². The Hall–Kier alpha value is -3.45. The van der Waals surface area contributed by atoms with E-state index in [-0.39, 0.29) is 40.5 Å². The fourth-order valence-electron chi connectivity index (χ4n) is 3.50. The summed E-state index contributed by atoms with van der Waals surface area (Å²) in [5.74, 6) is -0.847. The average Bonchev–Trinajstić information content (AvgIpc) is 3.33. The molecular weight excluding hydrogens is 626 g/mol. The Bertz CT molecular complexity index is 1570. The molecule has 0 fully saturated rings. The number of hydrogen-bond donors (Lipinski definition) is 2. The van der Waals surface area contributed by atoms with Crippen molar-refractivity contribution < 1.29 is 27.5 Å². The fraction of sp³-hybridized carbons (Fsp3) is 0.154. The van der Waals surface area contributed by atoms with E-state index in [1.54, 1.807) is 34.9 Å². The first-order valence-corrected chi connectivity index (χ1v) is 13.8. The van der Waals surface area contributed by atoms with E-state index in [0.29, 0.717) is 21.6 Å². The van der Waals surface area contributed by atoms with Gasteiger partial charge in [-0.25, -0.2) is 0 Å². The lowest BCUT2D eigenvalue weighted by Gasteiger charge is -2.14. The summed E-state index contributed by atoms with van der Waals surface area (Å²) in [6.07, 6.45) is -4.63. The van der Waals surface area contributed by atoms with Gasteiger partial charge in [-0.2, -0.15) is 13.2 Å². The molecule has 8 nitrogen and oxygen atoms in total. The van der Waals surface area contributed by atoms with Crippen LogP contribution in [0, 0.1) is 0 Å². The minimum Gasteiger partial charge on any atom is -0.482 e. The summed E-state index contributed by atoms with van der Waals surface area (Å²) >= 11 is 19.0. The highest BCUT2D eigenvalue weighted by Gasteiger charge is 2.33. The smallest absolute Gasteiger partial charge is 0.418 e. The Balaban J connectivity index is 1.45. The minimum absolute atomic E-state index is 0.0677. The zero-order valence-electron chi connectivity index (χ0n) is 20.7. The van der Waals surface area contributed by atoms with E-state index < -0.39 is 23.6 Å². The van der Waals surface area contributed by atoms with Gasteiger partial charge in [0.05, 0.1) is 34.3 Å². The number of benzene rings is 3. The molecule has 0 aliphatic heterocycles. The van der Waals surface area contributed by atoms with E-state index in [0.717, 1.165) is 17.8 Å². The molecule has 3 aromatic carbocycles. The molecule has 0 bridgehead atoms. The third kappa shape index (κ3) is 8.29. The number of carbonyl (C=O) groups excluding carboxylic acids is 2. The SMILES string of the molecule is O=C(COc1ccc(Cl)cc1Cl)NCc1nnc(SCC(=O)Nc2ccccc2C(F)(F)F)n1-c1cccc(Cl)c1. The average molecular weight is 645 g/mol. The van der Waals surface area contributed by atoms with E-state index in [4.69, 9.17) is 39.5 Å². The number of amides is 2. The summed E-state index contributed by atoms with van der Waals surface area (Å²) in [7, 11) is 0. The van der Waals surface area contributed by atoms with E-state index in [1.165, 1.54) is 30.3 Å². The van der Waals surface area contributed by atoms with Crippen LogP contribution in [0.5, 0.6) is 5.75 Å². The lowest BCUT2D eigenvalue weighted by atomic mass is 10.1. The molecule has 214 valence electrons. The number of anilines is 1. The van der Waals surface area contributed by atoms with Gasteiger partial charge in [0.2, 0.25) is 5.91 Å². The Kier molecular flexibility index (Phi) is 10.0. The van der Waals surface area contributed by atoms with Gasteiger partial charge in [-0.15, -0.1) is 10.2 Å². The molecule has 0 saturated carbocycles. The highest BCUT2D eigenvalue weighted by molar-refractivity contribution is 7.99. The summed E-state index contributed by atoms with van der Waals surface area (Å²) in [5, 5.41) is 14.5. The number of thioether (sulfide) groups is 1. The lowest BCUT2D eigenvalue weighted by molar-refractivity contribution is -0.137. The minimum atomic E-state index is -4.63. The van der Waals surface area contributed by atoms with E-state index in [1.807, 2.05) is 0 Å². The predicted octanol–water partition coefficient (Wildman–Crippen LogP) is 6.67. The molecule has 41 heavy (non-hydrogen) atoms. The van der Waals surface area contributed by atoms with Crippen LogP contribution in [0.3, 0.4) is 0 Å². The Morgan fingerprint density at radius 3 is 2.41 bits per heavy atom. The second-order valence-corrected chi connectivity index (χ2v) is 10.5. The van der Waals surface area contributed by atoms with Crippen molar-refractivity contribution in [1.29, 1.82) is 0 Å². The molecule has 2 amide bonds. The topological polar surface area (TPSA) is 98.1 Å². The van der Waals surface area contributed by atoms with Crippen molar-refractivity contribution in [2.45, 2.75) is 17.9 Å². The summed E-state index contributed by atoms with van der Waals surface area (Å²) < 4.78 is 46.9. The molecule has 15 heteroatoms. The molecule has 0 radical (unpaired) electrons. The molecule has 4 aromatic rings. The highest BCUT2D eigenvalue weighted by atomic mass is 35.5. The molecule has 0 spiro atoms. The van der Waals surface area contributed by atoms with Gasteiger partial charge >= 0.3 is 6.18 Å². The van der Waals surface area contributed by atoms with Crippen molar-refractivity contribution in [3.8, 4) is 11.4 Å². The van der Waals surface area contributed by atoms with Gasteiger partial charge in [0.15, 0.2) is 17.6 Å². The van der Waals surface area contributed by atoms with Crippen molar-refractivity contribution in [2.75, 3.05) is 17.7 Å². The molecule has 0 aliphatic carbocycles. The van der Waals surface area contributed by atoms with Gasteiger partial charge in [-0.1, -0.05) is 64.8 Å². The van der Waals surface area contributed by atoms with Crippen molar-refractivity contribution in [3.05, 3.63) is 93.2 Å². The number of alkyl halides is 3. The summed E-state index contributed by atoms with van der Waals surface area (Å²) in [6.45, 7) is -0.407. The number of nitrogens with zero attached hydrogens (tertiary/aromatic N) is 3. The summed E-state index contributed by atoms with van der Waals surface area (Å²) in [5.41, 5.74) is -0.769. The maximum absolute atomic E-state index is 13.3. The largest absolute Gasteiger partial charge is 0.482 e. The number of carbonyl (C=O) groups is 2. The van der Waals surface area contributed by atoms with Crippen LogP contribution in [-0.4, -0.2) is 38.9 Å². The second-order valence-electron chi connectivity index (χ2n) is 8.23. The molecule has 1 aromatic heterocycles. The van der Waals surface area contributed by atoms with Crippen LogP contribution in [0.4, 0.5) is 18.9 Å². The number of rotatable bonds is 10. The van der Waals surface area contributed by atoms with Gasteiger partial charge in [-0.05, 0) is 48.5 Å². The normalized spacial score (nSPS) is 11.3. The van der Waals surface area contributed by atoms with Gasteiger partial charge < -0.3 is 15.4 Å². The van der Waals surface area contributed by atoms with Crippen LogP contribution >= 0.6 is 46.6 Å². The molecule has 0 aliphatic rings. The number of aromatic nitrogens is 3. The van der Waals surface area contributed by atoms with Crippen LogP contribution in [0.15, 0.2) is 71.9 Å². The van der Waals surface area contributed by atoms with Crippen LogP contribution in [0.25, 0.3) is 5.69 Å². The number of nitrogens with one attached hydrogen (secondary N) is 2. The first-order valence-electron chi connectivity index (χ1n) is 11.6. The second kappa shape index (κ2) is 13.5. The maximum Gasteiger partial charge on any atom is 0.418 e.